The molecule has 118 valence electrons. The third-order valence-corrected chi connectivity index (χ3v) is 4.49. The van der Waals surface area contributed by atoms with E-state index in [0.29, 0.717) is 10.6 Å². The molecule has 5 nitrogen and oxygen atoms in total. The number of rotatable bonds is 3. The van der Waals surface area contributed by atoms with Crippen LogP contribution in [0.15, 0.2) is 54.6 Å². The minimum absolute atomic E-state index is 0.306. The van der Waals surface area contributed by atoms with Gasteiger partial charge in [-0.25, -0.2) is 4.39 Å². The molecule has 2 aromatic heterocycles. The number of nitrogens with one attached hydrogen (secondary N) is 1. The van der Waals surface area contributed by atoms with Gasteiger partial charge < -0.3 is 0 Å². The summed E-state index contributed by atoms with van der Waals surface area (Å²) in [7, 11) is 0. The van der Waals surface area contributed by atoms with Gasteiger partial charge in [0.05, 0.1) is 5.69 Å². The molecule has 0 bridgehead atoms. The number of H-pyrrole nitrogens is 1. The molecule has 0 saturated heterocycles. The molecule has 2 heterocycles. The fourth-order valence-electron chi connectivity index (χ4n) is 2.40. The number of hydrogen-bond donors (Lipinski definition) is 1. The summed E-state index contributed by atoms with van der Waals surface area (Å²) in [6, 6.07) is 15.8. The maximum absolute atomic E-state index is 13.2. The lowest BCUT2D eigenvalue weighted by Crippen LogP contribution is -1.98. The van der Waals surface area contributed by atoms with Crippen LogP contribution >= 0.6 is 23.8 Å². The van der Waals surface area contributed by atoms with Crippen LogP contribution in [0.25, 0.3) is 27.6 Å². The summed E-state index contributed by atoms with van der Waals surface area (Å²) in [6.45, 7) is 0. The van der Waals surface area contributed by atoms with Crippen molar-refractivity contribution in [2.24, 2.45) is 0 Å². The molecule has 2 aromatic carbocycles. The maximum atomic E-state index is 13.2. The topological polar surface area (TPSA) is 59.4 Å². The number of benzene rings is 2. The Morgan fingerprint density at radius 2 is 1.79 bits per heavy atom. The molecule has 1 N–H and O–H groups in total. The highest BCUT2D eigenvalue weighted by Crippen LogP contribution is 2.33. The van der Waals surface area contributed by atoms with Gasteiger partial charge in [-0.3, -0.25) is 9.67 Å². The van der Waals surface area contributed by atoms with Gasteiger partial charge in [0.15, 0.2) is 10.6 Å². The van der Waals surface area contributed by atoms with Crippen molar-refractivity contribution in [2.75, 3.05) is 0 Å². The van der Waals surface area contributed by atoms with Gasteiger partial charge >= 0.3 is 0 Å². The molecule has 0 aliphatic heterocycles. The fraction of sp³-hybridized carbons (Fsp3) is 0. The number of halogens is 1. The van der Waals surface area contributed by atoms with E-state index in [0.717, 1.165) is 21.8 Å². The lowest BCUT2D eigenvalue weighted by molar-refractivity contribution is 0.627. The zero-order valence-corrected chi connectivity index (χ0v) is 13.8. The molecule has 8 heteroatoms. The van der Waals surface area contributed by atoms with E-state index in [1.54, 1.807) is 16.7 Å². The molecular formula is C16H10FN5S2. The molecule has 0 atom stereocenters. The summed E-state index contributed by atoms with van der Waals surface area (Å²) in [4.78, 5) is 0.790. The van der Waals surface area contributed by atoms with Crippen molar-refractivity contribution in [3.63, 3.8) is 0 Å². The second kappa shape index (κ2) is 6.06. The van der Waals surface area contributed by atoms with Crippen molar-refractivity contribution in [1.82, 2.24) is 24.4 Å². The highest BCUT2D eigenvalue weighted by molar-refractivity contribution is 7.71. The predicted molar refractivity (Wildman–Crippen MR) is 93.0 cm³/mol. The molecular weight excluding hydrogens is 345 g/mol. The fourth-order valence-corrected chi connectivity index (χ4v) is 3.31. The van der Waals surface area contributed by atoms with Crippen molar-refractivity contribution >= 4 is 23.8 Å². The van der Waals surface area contributed by atoms with E-state index < -0.39 is 0 Å². The van der Waals surface area contributed by atoms with Crippen molar-refractivity contribution in [1.29, 1.82) is 0 Å². The van der Waals surface area contributed by atoms with Crippen LogP contribution in [0.2, 0.25) is 0 Å². The van der Waals surface area contributed by atoms with E-state index in [2.05, 4.69) is 19.8 Å². The molecule has 0 radical (unpaired) electrons. The standard InChI is InChI=1S/C16H10FN5S2/c17-11-6-8-12(9-7-11)22-15(19-20-16(22)23)14-13(18-21-24-14)10-4-2-1-3-5-10/h1-9H,(H,20,23). The van der Waals surface area contributed by atoms with Crippen molar-refractivity contribution in [2.45, 2.75) is 0 Å². The minimum Gasteiger partial charge on any atom is -0.267 e. The smallest absolute Gasteiger partial charge is 0.200 e. The summed E-state index contributed by atoms with van der Waals surface area (Å²) in [6.07, 6.45) is 0. The zero-order valence-electron chi connectivity index (χ0n) is 12.2. The van der Waals surface area contributed by atoms with Gasteiger partial charge in [0.1, 0.15) is 16.4 Å². The molecule has 24 heavy (non-hydrogen) atoms. The van der Waals surface area contributed by atoms with Gasteiger partial charge in [-0.05, 0) is 48.0 Å². The van der Waals surface area contributed by atoms with Gasteiger partial charge in [-0.2, -0.15) is 5.10 Å². The minimum atomic E-state index is -0.306. The highest BCUT2D eigenvalue weighted by atomic mass is 32.1. The third kappa shape index (κ3) is 2.55. The number of nitrogens with zero attached hydrogens (tertiary/aromatic N) is 4. The molecule has 0 fully saturated rings. The van der Waals surface area contributed by atoms with Gasteiger partial charge in [-0.1, -0.05) is 34.8 Å². The Labute approximate surface area is 145 Å². The van der Waals surface area contributed by atoms with Gasteiger partial charge in [-0.15, -0.1) is 5.10 Å². The van der Waals surface area contributed by atoms with Crippen molar-refractivity contribution in [3.8, 4) is 27.6 Å². The van der Waals surface area contributed by atoms with E-state index in [-0.39, 0.29) is 5.82 Å². The molecule has 4 rings (SSSR count). The zero-order chi connectivity index (χ0) is 16.5. The summed E-state index contributed by atoms with van der Waals surface area (Å²) in [5.41, 5.74) is 2.40. The monoisotopic (exact) mass is 355 g/mol. The van der Waals surface area contributed by atoms with Crippen LogP contribution in [-0.4, -0.2) is 24.4 Å². The molecule has 0 unspecified atom stereocenters. The van der Waals surface area contributed by atoms with E-state index in [1.165, 1.54) is 23.7 Å². The maximum Gasteiger partial charge on any atom is 0.200 e. The summed E-state index contributed by atoms with van der Waals surface area (Å²) >= 11 is 6.57. The molecule has 0 aliphatic rings. The predicted octanol–water partition coefficient (Wildman–Crippen LogP) is 4.25. The quantitative estimate of drug-likeness (QED) is 0.558. The van der Waals surface area contributed by atoms with Crippen LogP contribution in [0.5, 0.6) is 0 Å². The lowest BCUT2D eigenvalue weighted by atomic mass is 10.1. The Balaban J connectivity index is 1.90. The van der Waals surface area contributed by atoms with Crippen LogP contribution < -0.4 is 0 Å². The molecule has 0 aliphatic carbocycles. The Hall–Kier alpha value is -2.71. The Morgan fingerprint density at radius 3 is 2.54 bits per heavy atom. The largest absolute Gasteiger partial charge is 0.267 e. The van der Waals surface area contributed by atoms with Crippen LogP contribution in [-0.2, 0) is 0 Å². The van der Waals surface area contributed by atoms with Crippen LogP contribution in [0, 0.1) is 10.6 Å². The Bertz CT molecular complexity index is 1030. The molecule has 0 spiro atoms. The number of hydrogen-bond acceptors (Lipinski definition) is 5. The van der Waals surface area contributed by atoms with Crippen LogP contribution in [0.3, 0.4) is 0 Å². The summed E-state index contributed by atoms with van der Waals surface area (Å²) in [5.74, 6) is 0.292. The number of aromatic amines is 1. The Kier molecular flexibility index (Phi) is 3.75. The third-order valence-electron chi connectivity index (χ3n) is 3.50. The SMILES string of the molecule is Fc1ccc(-n2c(-c3snnc3-c3ccccc3)n[nH]c2=S)cc1. The number of aromatic nitrogens is 5. The second-order valence-corrected chi connectivity index (χ2v) is 6.12. The first-order valence-electron chi connectivity index (χ1n) is 7.05. The van der Waals surface area contributed by atoms with Crippen LogP contribution in [0.1, 0.15) is 0 Å². The van der Waals surface area contributed by atoms with E-state index >= 15 is 0 Å². The molecule has 0 amide bonds. The van der Waals surface area contributed by atoms with E-state index in [9.17, 15) is 4.39 Å². The highest BCUT2D eigenvalue weighted by Gasteiger charge is 2.19. The van der Waals surface area contributed by atoms with E-state index in [4.69, 9.17) is 12.2 Å². The average molecular weight is 355 g/mol. The Morgan fingerprint density at radius 1 is 1.04 bits per heavy atom. The van der Waals surface area contributed by atoms with E-state index in [1.807, 2.05) is 30.3 Å². The van der Waals surface area contributed by atoms with Gasteiger partial charge in [0, 0.05) is 5.56 Å². The van der Waals surface area contributed by atoms with Gasteiger partial charge in [0.2, 0.25) is 0 Å². The first kappa shape index (κ1) is 14.9. The first-order chi connectivity index (χ1) is 11.7. The van der Waals surface area contributed by atoms with Crippen LogP contribution in [0.4, 0.5) is 4.39 Å². The molecule has 4 aromatic rings. The lowest BCUT2D eigenvalue weighted by Gasteiger charge is -2.06. The van der Waals surface area contributed by atoms with Crippen molar-refractivity contribution < 1.29 is 4.39 Å². The average Bonchev–Trinajstić information content (AvgIpc) is 3.23. The molecule has 0 saturated carbocycles. The van der Waals surface area contributed by atoms with Crippen molar-refractivity contribution in [3.05, 3.63) is 65.2 Å². The van der Waals surface area contributed by atoms with Gasteiger partial charge in [0.25, 0.3) is 0 Å². The second-order valence-electron chi connectivity index (χ2n) is 4.98. The normalized spacial score (nSPS) is 10.9. The first-order valence-corrected chi connectivity index (χ1v) is 8.24. The summed E-state index contributed by atoms with van der Waals surface area (Å²) in [5, 5.41) is 11.3. The summed E-state index contributed by atoms with van der Waals surface area (Å²) < 4.78 is 19.4.